The summed E-state index contributed by atoms with van der Waals surface area (Å²) in [7, 11) is 1.95. The summed E-state index contributed by atoms with van der Waals surface area (Å²) in [5.74, 6) is 0. The molecule has 5 heteroatoms. The highest BCUT2D eigenvalue weighted by molar-refractivity contribution is 9.11. The quantitative estimate of drug-likeness (QED) is 0.926. The molecule has 1 fully saturated rings. The number of nitrogens with one attached hydrogen (secondary N) is 1. The minimum Gasteiger partial charge on any atom is -0.376 e. The normalized spacial score (nSPS) is 24.0. The van der Waals surface area contributed by atoms with E-state index < -0.39 is 0 Å². The van der Waals surface area contributed by atoms with Crippen LogP contribution in [0.25, 0.3) is 0 Å². The van der Waals surface area contributed by atoms with Crippen LogP contribution in [0, 0.1) is 0 Å². The Kier molecular flexibility index (Phi) is 4.16. The second kappa shape index (κ2) is 5.41. The third kappa shape index (κ3) is 2.79. The third-order valence-electron chi connectivity index (χ3n) is 2.43. The molecule has 2 unspecified atom stereocenters. The van der Waals surface area contributed by atoms with Crippen molar-refractivity contribution in [2.45, 2.75) is 12.1 Å². The second-order valence-corrected chi connectivity index (χ2v) is 5.89. The van der Waals surface area contributed by atoms with Crippen molar-refractivity contribution in [3.05, 3.63) is 20.8 Å². The van der Waals surface area contributed by atoms with Gasteiger partial charge in [0.05, 0.1) is 29.6 Å². The van der Waals surface area contributed by atoms with Gasteiger partial charge in [0.25, 0.3) is 0 Å². The summed E-state index contributed by atoms with van der Waals surface area (Å²) in [6, 6.07) is 4.41. The van der Waals surface area contributed by atoms with E-state index in [1.165, 1.54) is 4.88 Å². The van der Waals surface area contributed by atoms with Gasteiger partial charge in [0.15, 0.2) is 0 Å². The van der Waals surface area contributed by atoms with Crippen LogP contribution in [0.15, 0.2) is 15.9 Å². The summed E-state index contributed by atoms with van der Waals surface area (Å²) in [5, 5.41) is 3.29. The first-order chi connectivity index (χ1) is 7.31. The smallest absolute Gasteiger partial charge is 0.101 e. The van der Waals surface area contributed by atoms with Crippen molar-refractivity contribution in [2.24, 2.45) is 0 Å². The number of hydrogen-bond donors (Lipinski definition) is 1. The van der Waals surface area contributed by atoms with E-state index in [1.807, 2.05) is 7.05 Å². The minimum atomic E-state index is 0.120. The van der Waals surface area contributed by atoms with E-state index in [9.17, 15) is 0 Å². The maximum atomic E-state index is 5.70. The van der Waals surface area contributed by atoms with Gasteiger partial charge in [-0.3, -0.25) is 0 Å². The van der Waals surface area contributed by atoms with Gasteiger partial charge in [-0.25, -0.2) is 0 Å². The Hall–Kier alpha value is 0.0600. The highest BCUT2D eigenvalue weighted by Gasteiger charge is 2.26. The summed E-state index contributed by atoms with van der Waals surface area (Å²) in [5.41, 5.74) is 0. The van der Waals surface area contributed by atoms with E-state index in [0.29, 0.717) is 19.8 Å². The number of rotatable bonds is 3. The highest BCUT2D eigenvalue weighted by atomic mass is 79.9. The number of hydrogen-bond acceptors (Lipinski definition) is 4. The molecule has 2 atom stereocenters. The fourth-order valence-electron chi connectivity index (χ4n) is 1.71. The van der Waals surface area contributed by atoms with Crippen LogP contribution in [0.4, 0.5) is 0 Å². The first-order valence-electron chi connectivity index (χ1n) is 4.93. The minimum absolute atomic E-state index is 0.120. The molecule has 0 aliphatic carbocycles. The van der Waals surface area contributed by atoms with Gasteiger partial charge < -0.3 is 14.8 Å². The molecular formula is C10H14BrNO2S. The maximum Gasteiger partial charge on any atom is 0.101 e. The van der Waals surface area contributed by atoms with Gasteiger partial charge in [-0.1, -0.05) is 0 Å². The maximum absolute atomic E-state index is 5.70. The summed E-state index contributed by atoms with van der Waals surface area (Å²) < 4.78 is 12.3. The first kappa shape index (κ1) is 11.5. The van der Waals surface area contributed by atoms with Gasteiger partial charge >= 0.3 is 0 Å². The van der Waals surface area contributed by atoms with E-state index in [4.69, 9.17) is 9.47 Å². The van der Waals surface area contributed by atoms with Crippen LogP contribution < -0.4 is 5.32 Å². The van der Waals surface area contributed by atoms with Gasteiger partial charge in [0.2, 0.25) is 0 Å². The molecule has 1 aromatic rings. The molecule has 0 amide bonds. The standard InChI is InChI=1S/C10H14BrNO2S/c1-12-10(7-6-13-4-5-14-7)8-2-3-9(11)15-8/h2-3,7,10,12H,4-6H2,1H3. The highest BCUT2D eigenvalue weighted by Crippen LogP contribution is 2.30. The van der Waals surface area contributed by atoms with Crippen LogP contribution in [0.3, 0.4) is 0 Å². The molecule has 1 aliphatic rings. The molecule has 1 saturated heterocycles. The zero-order valence-corrected chi connectivity index (χ0v) is 10.9. The van der Waals surface area contributed by atoms with Gasteiger partial charge in [-0.15, -0.1) is 11.3 Å². The monoisotopic (exact) mass is 291 g/mol. The molecule has 2 rings (SSSR count). The molecule has 3 nitrogen and oxygen atoms in total. The lowest BCUT2D eigenvalue weighted by Crippen LogP contribution is -2.38. The van der Waals surface area contributed by atoms with E-state index in [0.717, 1.165) is 3.79 Å². The Bertz CT molecular complexity index is 312. The van der Waals surface area contributed by atoms with Crippen LogP contribution in [-0.2, 0) is 9.47 Å². The Labute approximate surface area is 102 Å². The van der Waals surface area contributed by atoms with Gasteiger partial charge in [0, 0.05) is 4.88 Å². The van der Waals surface area contributed by atoms with E-state index >= 15 is 0 Å². The molecule has 15 heavy (non-hydrogen) atoms. The molecule has 2 heterocycles. The molecule has 1 N–H and O–H groups in total. The van der Waals surface area contributed by atoms with Crippen LogP contribution >= 0.6 is 27.3 Å². The lowest BCUT2D eigenvalue weighted by molar-refractivity contribution is -0.101. The molecule has 0 bridgehead atoms. The molecule has 84 valence electrons. The predicted molar refractivity (Wildman–Crippen MR) is 64.4 cm³/mol. The van der Waals surface area contributed by atoms with Crippen LogP contribution in [0.5, 0.6) is 0 Å². The number of likely N-dealkylation sites (N-methyl/N-ethyl adjacent to an activating group) is 1. The number of ether oxygens (including phenoxy) is 2. The summed E-state index contributed by atoms with van der Waals surface area (Å²) in [6.07, 6.45) is 0.120. The zero-order valence-electron chi connectivity index (χ0n) is 8.53. The lowest BCUT2D eigenvalue weighted by Gasteiger charge is -2.29. The van der Waals surface area contributed by atoms with E-state index in [1.54, 1.807) is 11.3 Å². The SMILES string of the molecule is CNC(c1ccc(Br)s1)C1COCCO1. The number of halogens is 1. The Morgan fingerprint density at radius 3 is 2.93 bits per heavy atom. The molecule has 0 aromatic carbocycles. The van der Waals surface area contributed by atoms with Crippen molar-refractivity contribution in [3.63, 3.8) is 0 Å². The summed E-state index contributed by atoms with van der Waals surface area (Å²) in [4.78, 5) is 1.28. The predicted octanol–water partition coefficient (Wildman–Crippen LogP) is 2.19. The first-order valence-corrected chi connectivity index (χ1v) is 6.54. The second-order valence-electron chi connectivity index (χ2n) is 3.39. The molecule has 0 radical (unpaired) electrons. The van der Waals surface area contributed by atoms with Crippen LogP contribution in [0.2, 0.25) is 0 Å². The average molecular weight is 292 g/mol. The van der Waals surface area contributed by atoms with E-state index in [2.05, 4.69) is 33.4 Å². The van der Waals surface area contributed by atoms with Crippen molar-refractivity contribution < 1.29 is 9.47 Å². The molecular weight excluding hydrogens is 278 g/mol. The van der Waals surface area contributed by atoms with Gasteiger partial charge in [-0.2, -0.15) is 0 Å². The Morgan fingerprint density at radius 1 is 1.53 bits per heavy atom. The zero-order chi connectivity index (χ0) is 10.7. The molecule has 0 saturated carbocycles. The molecule has 1 aliphatic heterocycles. The third-order valence-corrected chi connectivity index (χ3v) is 4.13. The van der Waals surface area contributed by atoms with Gasteiger partial charge in [-0.05, 0) is 35.1 Å². The summed E-state index contributed by atoms with van der Waals surface area (Å²) in [6.45, 7) is 2.07. The lowest BCUT2D eigenvalue weighted by atomic mass is 10.1. The van der Waals surface area contributed by atoms with Crippen molar-refractivity contribution in [1.29, 1.82) is 0 Å². The number of thiophene rings is 1. The fraction of sp³-hybridized carbons (Fsp3) is 0.600. The Balaban J connectivity index is 2.08. The van der Waals surface area contributed by atoms with Crippen molar-refractivity contribution in [3.8, 4) is 0 Å². The van der Waals surface area contributed by atoms with Crippen LogP contribution in [-0.4, -0.2) is 33.0 Å². The van der Waals surface area contributed by atoms with Crippen molar-refractivity contribution in [1.82, 2.24) is 5.32 Å². The van der Waals surface area contributed by atoms with Crippen molar-refractivity contribution in [2.75, 3.05) is 26.9 Å². The Morgan fingerprint density at radius 2 is 2.40 bits per heavy atom. The summed E-state index contributed by atoms with van der Waals surface area (Å²) >= 11 is 5.21. The van der Waals surface area contributed by atoms with Crippen molar-refractivity contribution >= 4 is 27.3 Å². The molecule has 0 spiro atoms. The topological polar surface area (TPSA) is 30.5 Å². The van der Waals surface area contributed by atoms with Gasteiger partial charge in [0.1, 0.15) is 6.10 Å². The van der Waals surface area contributed by atoms with Crippen LogP contribution in [0.1, 0.15) is 10.9 Å². The fourth-order valence-corrected chi connectivity index (χ4v) is 3.29. The van der Waals surface area contributed by atoms with E-state index in [-0.39, 0.29) is 12.1 Å². The largest absolute Gasteiger partial charge is 0.376 e. The average Bonchev–Trinajstić information content (AvgIpc) is 2.68. The molecule has 1 aromatic heterocycles.